The molecule has 7 heteroatoms. The number of hydrogen-bond donors (Lipinski definition) is 2. The molecule has 156 valence electrons. The van der Waals surface area contributed by atoms with Crippen LogP contribution in [0.3, 0.4) is 0 Å². The topological polar surface area (TPSA) is 68.9 Å². The zero-order valence-corrected chi connectivity index (χ0v) is 17.3. The number of likely N-dealkylation sites (tertiary alicyclic amines) is 1. The molecule has 7 nitrogen and oxygen atoms in total. The molecule has 2 fully saturated rings. The molecule has 1 atom stereocenters. The van der Waals surface area contributed by atoms with Crippen LogP contribution < -0.4 is 15.5 Å². The number of nitrogens with one attached hydrogen (secondary N) is 2. The number of hydrogen-bond acceptors (Lipinski definition) is 5. The third-order valence-electron chi connectivity index (χ3n) is 5.84. The summed E-state index contributed by atoms with van der Waals surface area (Å²) in [4.78, 5) is 13.8. The molecule has 29 heavy (non-hydrogen) atoms. The predicted octanol–water partition coefficient (Wildman–Crippen LogP) is 2.78. The standard InChI is InChI=1S/C22H32N6O/c1-23-22(25-16-18-8-9-21(24-15-18)28-12-4-5-13-28)26-17-19(20-7-6-14-29-20)27-10-2-3-11-27/h6-9,14-15,19H,2-5,10-13,16-17H2,1H3,(H2,23,25,26). The summed E-state index contributed by atoms with van der Waals surface area (Å²) in [5.74, 6) is 2.89. The summed E-state index contributed by atoms with van der Waals surface area (Å²) in [5.41, 5.74) is 1.15. The lowest BCUT2D eigenvalue weighted by Crippen LogP contribution is -2.42. The van der Waals surface area contributed by atoms with Gasteiger partial charge in [0.25, 0.3) is 0 Å². The van der Waals surface area contributed by atoms with Crippen molar-refractivity contribution in [1.29, 1.82) is 0 Å². The third kappa shape index (κ3) is 5.09. The van der Waals surface area contributed by atoms with Gasteiger partial charge >= 0.3 is 0 Å². The van der Waals surface area contributed by atoms with Gasteiger partial charge in [0.1, 0.15) is 11.6 Å². The van der Waals surface area contributed by atoms with Gasteiger partial charge in [-0.15, -0.1) is 0 Å². The molecule has 2 aliphatic rings. The lowest BCUT2D eigenvalue weighted by atomic mass is 10.2. The second-order valence-corrected chi connectivity index (χ2v) is 7.80. The molecule has 4 heterocycles. The van der Waals surface area contributed by atoms with E-state index in [0.29, 0.717) is 6.54 Å². The van der Waals surface area contributed by atoms with E-state index in [1.807, 2.05) is 19.3 Å². The van der Waals surface area contributed by atoms with Crippen molar-refractivity contribution in [3.05, 3.63) is 48.0 Å². The molecule has 0 amide bonds. The molecule has 2 aliphatic heterocycles. The minimum atomic E-state index is 0.229. The van der Waals surface area contributed by atoms with Gasteiger partial charge in [-0.3, -0.25) is 9.89 Å². The fourth-order valence-electron chi connectivity index (χ4n) is 4.20. The Bertz CT molecular complexity index is 761. The van der Waals surface area contributed by atoms with E-state index in [0.717, 1.165) is 55.8 Å². The molecule has 0 aromatic carbocycles. The number of guanidine groups is 1. The molecule has 2 N–H and O–H groups in total. The Morgan fingerprint density at radius 3 is 2.55 bits per heavy atom. The molecule has 0 bridgehead atoms. The fraction of sp³-hybridized carbons (Fsp3) is 0.545. The summed E-state index contributed by atoms with van der Waals surface area (Å²) < 4.78 is 5.70. The van der Waals surface area contributed by atoms with E-state index in [4.69, 9.17) is 4.42 Å². The first-order chi connectivity index (χ1) is 14.3. The van der Waals surface area contributed by atoms with E-state index >= 15 is 0 Å². The smallest absolute Gasteiger partial charge is 0.191 e. The van der Waals surface area contributed by atoms with Crippen LogP contribution in [0.15, 0.2) is 46.1 Å². The van der Waals surface area contributed by atoms with Crippen LogP contribution >= 0.6 is 0 Å². The van der Waals surface area contributed by atoms with Crippen LogP contribution in [0.25, 0.3) is 0 Å². The van der Waals surface area contributed by atoms with E-state index < -0.39 is 0 Å². The highest BCUT2D eigenvalue weighted by molar-refractivity contribution is 5.79. The van der Waals surface area contributed by atoms with E-state index in [-0.39, 0.29) is 6.04 Å². The van der Waals surface area contributed by atoms with E-state index in [2.05, 4.69) is 48.6 Å². The maximum atomic E-state index is 5.70. The van der Waals surface area contributed by atoms with Gasteiger partial charge in [-0.05, 0) is 62.5 Å². The highest BCUT2D eigenvalue weighted by Gasteiger charge is 2.25. The van der Waals surface area contributed by atoms with Gasteiger partial charge in [-0.25, -0.2) is 4.98 Å². The molecule has 2 aromatic heterocycles. The maximum absolute atomic E-state index is 5.70. The number of rotatable bonds is 7. The van der Waals surface area contributed by atoms with Crippen LogP contribution in [0.4, 0.5) is 5.82 Å². The number of aliphatic imine (C=N–C) groups is 1. The Hall–Kier alpha value is -2.54. The second-order valence-electron chi connectivity index (χ2n) is 7.80. The van der Waals surface area contributed by atoms with Crippen molar-refractivity contribution < 1.29 is 4.42 Å². The van der Waals surface area contributed by atoms with Crippen molar-refractivity contribution in [3.8, 4) is 0 Å². The minimum absolute atomic E-state index is 0.229. The molecular weight excluding hydrogens is 364 g/mol. The number of nitrogens with zero attached hydrogens (tertiary/aromatic N) is 4. The highest BCUT2D eigenvalue weighted by Crippen LogP contribution is 2.24. The largest absolute Gasteiger partial charge is 0.468 e. The van der Waals surface area contributed by atoms with Crippen LogP contribution in [-0.2, 0) is 6.54 Å². The molecule has 0 saturated carbocycles. The molecule has 0 aliphatic carbocycles. The van der Waals surface area contributed by atoms with Crippen molar-refractivity contribution >= 4 is 11.8 Å². The summed E-state index contributed by atoms with van der Waals surface area (Å²) >= 11 is 0. The second kappa shape index (κ2) is 9.78. The molecule has 2 aromatic rings. The summed E-state index contributed by atoms with van der Waals surface area (Å²) in [7, 11) is 1.81. The predicted molar refractivity (Wildman–Crippen MR) is 116 cm³/mol. The van der Waals surface area contributed by atoms with Crippen molar-refractivity contribution in [1.82, 2.24) is 20.5 Å². The number of anilines is 1. The molecule has 4 rings (SSSR count). The van der Waals surface area contributed by atoms with Crippen molar-refractivity contribution in [3.63, 3.8) is 0 Å². The van der Waals surface area contributed by atoms with Gasteiger partial charge in [-0.1, -0.05) is 6.07 Å². The Labute approximate surface area is 173 Å². The fourth-order valence-corrected chi connectivity index (χ4v) is 4.20. The zero-order valence-electron chi connectivity index (χ0n) is 17.3. The van der Waals surface area contributed by atoms with E-state index in [9.17, 15) is 0 Å². The van der Waals surface area contributed by atoms with Crippen LogP contribution in [-0.4, -0.2) is 55.6 Å². The van der Waals surface area contributed by atoms with Gasteiger partial charge in [-0.2, -0.15) is 0 Å². The van der Waals surface area contributed by atoms with Gasteiger partial charge in [0, 0.05) is 39.4 Å². The van der Waals surface area contributed by atoms with Crippen molar-refractivity contribution in [2.75, 3.05) is 44.7 Å². The summed E-state index contributed by atoms with van der Waals surface area (Å²) in [6, 6.07) is 8.53. The molecule has 0 radical (unpaired) electrons. The normalized spacial score (nSPS) is 18.9. The van der Waals surface area contributed by atoms with Crippen molar-refractivity contribution in [2.24, 2.45) is 4.99 Å². The Morgan fingerprint density at radius 2 is 1.90 bits per heavy atom. The van der Waals surface area contributed by atoms with Gasteiger partial charge in [0.15, 0.2) is 5.96 Å². The SMILES string of the molecule is CN=C(NCc1ccc(N2CCCC2)nc1)NCC(c1ccco1)N1CCCC1. The first kappa shape index (κ1) is 19.8. The summed E-state index contributed by atoms with van der Waals surface area (Å²) in [5, 5.41) is 6.87. The van der Waals surface area contributed by atoms with Crippen LogP contribution in [0.2, 0.25) is 0 Å². The monoisotopic (exact) mass is 396 g/mol. The Morgan fingerprint density at radius 1 is 1.10 bits per heavy atom. The molecule has 2 saturated heterocycles. The number of furan rings is 1. The maximum Gasteiger partial charge on any atom is 0.191 e. The molecule has 1 unspecified atom stereocenters. The average molecular weight is 397 g/mol. The number of aromatic nitrogens is 1. The van der Waals surface area contributed by atoms with Gasteiger partial charge in [0.2, 0.25) is 0 Å². The van der Waals surface area contributed by atoms with E-state index in [1.165, 1.54) is 25.7 Å². The zero-order chi connectivity index (χ0) is 19.9. The lowest BCUT2D eigenvalue weighted by Gasteiger charge is -2.26. The third-order valence-corrected chi connectivity index (χ3v) is 5.84. The van der Waals surface area contributed by atoms with Crippen LogP contribution in [0.1, 0.15) is 43.0 Å². The lowest BCUT2D eigenvalue weighted by molar-refractivity contribution is 0.215. The van der Waals surface area contributed by atoms with Crippen molar-refractivity contribution in [2.45, 2.75) is 38.3 Å². The van der Waals surface area contributed by atoms with Crippen LogP contribution in [0.5, 0.6) is 0 Å². The first-order valence-corrected chi connectivity index (χ1v) is 10.8. The number of pyridine rings is 1. The molecular formula is C22H32N6O. The minimum Gasteiger partial charge on any atom is -0.468 e. The summed E-state index contributed by atoms with van der Waals surface area (Å²) in [6.07, 6.45) is 8.76. The quantitative estimate of drug-likeness (QED) is 0.554. The first-order valence-electron chi connectivity index (χ1n) is 10.8. The Balaban J connectivity index is 1.29. The molecule has 0 spiro atoms. The Kier molecular flexibility index (Phi) is 6.67. The average Bonchev–Trinajstić information content (AvgIpc) is 3.54. The highest BCUT2D eigenvalue weighted by atomic mass is 16.3. The van der Waals surface area contributed by atoms with Gasteiger partial charge in [0.05, 0.1) is 12.3 Å². The van der Waals surface area contributed by atoms with Crippen LogP contribution in [0, 0.1) is 0 Å². The summed E-state index contributed by atoms with van der Waals surface area (Å²) in [6.45, 7) is 5.94. The van der Waals surface area contributed by atoms with E-state index in [1.54, 1.807) is 6.26 Å². The van der Waals surface area contributed by atoms with Gasteiger partial charge < -0.3 is 20.0 Å².